The summed E-state index contributed by atoms with van der Waals surface area (Å²) in [6.45, 7) is 4.04. The van der Waals surface area contributed by atoms with E-state index in [0.29, 0.717) is 13.2 Å². The molecule has 2 rings (SSSR count). The van der Waals surface area contributed by atoms with E-state index in [1.807, 2.05) is 0 Å². The van der Waals surface area contributed by atoms with Gasteiger partial charge in [-0.05, 0) is 45.0 Å². The molecule has 0 unspecified atom stereocenters. The number of amides is 1. The normalized spacial score (nSPS) is 17.5. The van der Waals surface area contributed by atoms with Gasteiger partial charge >= 0.3 is 6.18 Å². The van der Waals surface area contributed by atoms with Gasteiger partial charge in [0, 0.05) is 19.1 Å². The van der Waals surface area contributed by atoms with Gasteiger partial charge in [0.25, 0.3) is 5.91 Å². The highest BCUT2D eigenvalue weighted by Crippen LogP contribution is 2.29. The quantitative estimate of drug-likeness (QED) is 0.858. The van der Waals surface area contributed by atoms with Crippen molar-refractivity contribution in [3.63, 3.8) is 0 Å². The molecular formula is C16H22F3N3O2. The second kappa shape index (κ2) is 7.48. The number of nitrogens with zero attached hydrogens (tertiary/aromatic N) is 1. The van der Waals surface area contributed by atoms with Crippen molar-refractivity contribution in [3.05, 3.63) is 29.1 Å². The molecule has 0 aromatic carbocycles. The lowest BCUT2D eigenvalue weighted by molar-refractivity contribution is -0.141. The van der Waals surface area contributed by atoms with Gasteiger partial charge in [-0.1, -0.05) is 0 Å². The number of methoxy groups -OCH3 is 1. The largest absolute Gasteiger partial charge is 0.433 e. The smallest absolute Gasteiger partial charge is 0.384 e. The van der Waals surface area contributed by atoms with Crippen LogP contribution in [0.3, 0.4) is 0 Å². The molecule has 0 spiro atoms. The van der Waals surface area contributed by atoms with Crippen LogP contribution in [0.25, 0.3) is 0 Å². The van der Waals surface area contributed by atoms with Crippen LogP contribution in [-0.4, -0.2) is 44.2 Å². The van der Waals surface area contributed by atoms with Crippen molar-refractivity contribution in [1.82, 2.24) is 15.6 Å². The third kappa shape index (κ3) is 4.45. The number of aryl methyl sites for hydroxylation is 1. The van der Waals surface area contributed by atoms with Crippen molar-refractivity contribution in [2.45, 2.75) is 25.9 Å². The van der Waals surface area contributed by atoms with Crippen molar-refractivity contribution in [1.29, 1.82) is 0 Å². The monoisotopic (exact) mass is 345 g/mol. The minimum Gasteiger partial charge on any atom is -0.384 e. The van der Waals surface area contributed by atoms with Crippen LogP contribution < -0.4 is 10.6 Å². The highest BCUT2D eigenvalue weighted by molar-refractivity contribution is 5.95. The van der Waals surface area contributed by atoms with E-state index in [1.165, 1.54) is 13.0 Å². The molecule has 5 nitrogen and oxygen atoms in total. The lowest BCUT2D eigenvalue weighted by atomic mass is 9.79. The Kier molecular flexibility index (Phi) is 5.82. The SMILES string of the molecule is COCC1(CNC(=O)c2ccc(C(F)(F)F)nc2C)CCNCC1. The van der Waals surface area contributed by atoms with Crippen LogP contribution in [0.1, 0.15) is 34.6 Å². The minimum atomic E-state index is -4.52. The van der Waals surface area contributed by atoms with Crippen LogP contribution in [-0.2, 0) is 10.9 Å². The Morgan fingerprint density at radius 2 is 2.04 bits per heavy atom. The molecule has 2 N–H and O–H groups in total. The Morgan fingerprint density at radius 3 is 2.58 bits per heavy atom. The summed E-state index contributed by atoms with van der Waals surface area (Å²) in [5, 5.41) is 6.09. The summed E-state index contributed by atoms with van der Waals surface area (Å²) in [6.07, 6.45) is -2.78. The highest BCUT2D eigenvalue weighted by atomic mass is 19.4. The van der Waals surface area contributed by atoms with Gasteiger partial charge in [0.15, 0.2) is 0 Å². The molecule has 0 saturated carbocycles. The van der Waals surface area contributed by atoms with Gasteiger partial charge in [-0.25, -0.2) is 4.98 Å². The average Bonchev–Trinajstić information content (AvgIpc) is 2.53. The first-order valence-electron chi connectivity index (χ1n) is 7.80. The first-order chi connectivity index (χ1) is 11.3. The van der Waals surface area contributed by atoms with Crippen LogP contribution in [0, 0.1) is 12.3 Å². The van der Waals surface area contributed by atoms with Gasteiger partial charge < -0.3 is 15.4 Å². The summed E-state index contributed by atoms with van der Waals surface area (Å²) in [5.74, 6) is -0.414. The number of halogens is 3. The number of hydrogen-bond acceptors (Lipinski definition) is 4. The van der Waals surface area contributed by atoms with E-state index < -0.39 is 17.8 Å². The molecule has 0 radical (unpaired) electrons. The minimum absolute atomic E-state index is 0.0634. The van der Waals surface area contributed by atoms with Crippen LogP contribution in [0.4, 0.5) is 13.2 Å². The Balaban J connectivity index is 2.06. The number of pyridine rings is 1. The molecule has 1 aliphatic heterocycles. The molecule has 0 aliphatic carbocycles. The molecule has 0 atom stereocenters. The number of piperidine rings is 1. The molecule has 8 heteroatoms. The third-order valence-electron chi connectivity index (χ3n) is 4.36. The van der Waals surface area contributed by atoms with Gasteiger partial charge in [-0.15, -0.1) is 0 Å². The number of carbonyl (C=O) groups excluding carboxylic acids is 1. The molecule has 1 aromatic rings. The van der Waals surface area contributed by atoms with Crippen molar-refractivity contribution in [2.24, 2.45) is 5.41 Å². The molecule has 0 bridgehead atoms. The first kappa shape index (κ1) is 18.7. The zero-order chi connectivity index (χ0) is 17.8. The number of ether oxygens (including phenoxy) is 1. The number of alkyl halides is 3. The van der Waals surface area contributed by atoms with Gasteiger partial charge in [0.2, 0.25) is 0 Å². The van der Waals surface area contributed by atoms with E-state index in [0.717, 1.165) is 32.0 Å². The molecule has 1 fully saturated rings. The van der Waals surface area contributed by atoms with Crippen LogP contribution in [0.15, 0.2) is 12.1 Å². The first-order valence-corrected chi connectivity index (χ1v) is 7.80. The Labute approximate surface area is 139 Å². The van der Waals surface area contributed by atoms with Gasteiger partial charge in [0.05, 0.1) is 17.9 Å². The summed E-state index contributed by atoms with van der Waals surface area (Å²) in [5.41, 5.74) is -0.924. The van der Waals surface area contributed by atoms with Gasteiger partial charge in [-0.2, -0.15) is 13.2 Å². The van der Waals surface area contributed by atoms with Gasteiger partial charge in [-0.3, -0.25) is 4.79 Å². The summed E-state index contributed by atoms with van der Waals surface area (Å²) in [6, 6.07) is 2.00. The number of rotatable bonds is 5. The fourth-order valence-corrected chi connectivity index (χ4v) is 2.96. The maximum Gasteiger partial charge on any atom is 0.433 e. The summed E-state index contributed by atoms with van der Waals surface area (Å²) < 4.78 is 43.2. The zero-order valence-electron chi connectivity index (χ0n) is 13.8. The lowest BCUT2D eigenvalue weighted by Crippen LogP contribution is -2.47. The van der Waals surface area contributed by atoms with Crippen molar-refractivity contribution in [3.8, 4) is 0 Å². The van der Waals surface area contributed by atoms with E-state index in [9.17, 15) is 18.0 Å². The third-order valence-corrected chi connectivity index (χ3v) is 4.36. The number of nitrogens with one attached hydrogen (secondary N) is 2. The maximum atomic E-state index is 12.6. The number of aromatic nitrogens is 1. The van der Waals surface area contributed by atoms with Crippen LogP contribution >= 0.6 is 0 Å². The second-order valence-electron chi connectivity index (χ2n) is 6.19. The predicted molar refractivity (Wildman–Crippen MR) is 82.7 cm³/mol. The summed E-state index contributed by atoms with van der Waals surface area (Å²) in [4.78, 5) is 15.8. The lowest BCUT2D eigenvalue weighted by Gasteiger charge is -2.37. The van der Waals surface area contributed by atoms with E-state index >= 15 is 0 Å². The fraction of sp³-hybridized carbons (Fsp3) is 0.625. The second-order valence-corrected chi connectivity index (χ2v) is 6.19. The average molecular weight is 345 g/mol. The molecule has 1 amide bonds. The molecule has 1 saturated heterocycles. The van der Waals surface area contributed by atoms with E-state index in [-0.39, 0.29) is 16.7 Å². The van der Waals surface area contributed by atoms with Crippen molar-refractivity contribution < 1.29 is 22.7 Å². The zero-order valence-corrected chi connectivity index (χ0v) is 13.8. The van der Waals surface area contributed by atoms with Gasteiger partial charge in [0.1, 0.15) is 5.69 Å². The Bertz CT molecular complexity index is 579. The molecule has 2 heterocycles. The van der Waals surface area contributed by atoms with Crippen LogP contribution in [0.2, 0.25) is 0 Å². The highest BCUT2D eigenvalue weighted by Gasteiger charge is 2.34. The van der Waals surface area contributed by atoms with Crippen LogP contribution in [0.5, 0.6) is 0 Å². The van der Waals surface area contributed by atoms with E-state index in [4.69, 9.17) is 4.74 Å². The summed E-state index contributed by atoms with van der Waals surface area (Å²) in [7, 11) is 1.62. The standard InChI is InChI=1S/C16H22F3N3O2/c1-11-12(3-4-13(22-11)16(17,18)19)14(23)21-9-15(10-24-2)5-7-20-8-6-15/h3-4,20H,5-10H2,1-2H3,(H,21,23). The number of carbonyl (C=O) groups is 1. The maximum absolute atomic E-state index is 12.6. The van der Waals surface area contributed by atoms with E-state index in [1.54, 1.807) is 7.11 Å². The van der Waals surface area contributed by atoms with Crippen molar-refractivity contribution in [2.75, 3.05) is 33.4 Å². The molecule has 1 aromatic heterocycles. The molecule has 1 aliphatic rings. The Morgan fingerprint density at radius 1 is 1.38 bits per heavy atom. The summed E-state index contributed by atoms with van der Waals surface area (Å²) >= 11 is 0. The fourth-order valence-electron chi connectivity index (χ4n) is 2.96. The van der Waals surface area contributed by atoms with E-state index in [2.05, 4.69) is 15.6 Å². The molecule has 134 valence electrons. The van der Waals surface area contributed by atoms with Crippen molar-refractivity contribution >= 4 is 5.91 Å². The topological polar surface area (TPSA) is 63.2 Å². The molecular weight excluding hydrogens is 323 g/mol. The predicted octanol–water partition coefficient (Wildman–Crippen LogP) is 2.15. The molecule has 24 heavy (non-hydrogen) atoms. The number of hydrogen-bond donors (Lipinski definition) is 2. The Hall–Kier alpha value is -1.67.